The number of nitrogens with zero attached hydrogens (tertiary/aromatic N) is 3. The fourth-order valence-electron chi connectivity index (χ4n) is 3.73. The first-order valence-electron chi connectivity index (χ1n) is 10.6. The summed E-state index contributed by atoms with van der Waals surface area (Å²) in [5.41, 5.74) is 2.25. The fraction of sp³-hybridized carbons (Fsp3) is 0.500. The van der Waals surface area contributed by atoms with E-state index in [1.54, 1.807) is 0 Å². The van der Waals surface area contributed by atoms with E-state index in [1.165, 1.54) is 5.56 Å². The average molecular weight is 412 g/mol. The van der Waals surface area contributed by atoms with Crippen molar-refractivity contribution in [3.05, 3.63) is 35.4 Å². The van der Waals surface area contributed by atoms with Crippen LogP contribution in [-0.4, -0.2) is 55.3 Å². The summed E-state index contributed by atoms with van der Waals surface area (Å²) in [7, 11) is 1.99. The zero-order valence-corrected chi connectivity index (χ0v) is 17.6. The largest absolute Gasteiger partial charge is 0.494 e. The highest BCUT2D eigenvalue weighted by atomic mass is 16.5. The molecule has 1 saturated heterocycles. The van der Waals surface area contributed by atoms with Crippen LogP contribution in [0.15, 0.2) is 24.3 Å². The van der Waals surface area contributed by atoms with E-state index in [2.05, 4.69) is 27.8 Å². The number of carbonyl (C=O) groups is 1. The predicted octanol–water partition coefficient (Wildman–Crippen LogP) is 2.18. The molecule has 0 bridgehead atoms. The molecule has 0 spiro atoms. The minimum atomic E-state index is 0.118. The topological polar surface area (TPSA) is 88.6 Å². The van der Waals surface area contributed by atoms with E-state index < -0.39 is 0 Å². The Kier molecular flexibility index (Phi) is 6.21. The number of rotatable bonds is 9. The van der Waals surface area contributed by atoms with Gasteiger partial charge in [0.2, 0.25) is 17.7 Å². The highest BCUT2D eigenvalue weighted by Gasteiger charge is 2.24. The van der Waals surface area contributed by atoms with Crippen LogP contribution in [0.1, 0.15) is 30.9 Å². The van der Waals surface area contributed by atoms with E-state index in [0.29, 0.717) is 38.0 Å². The molecule has 2 aliphatic heterocycles. The molecule has 4 rings (SSSR count). The third-order valence-corrected chi connectivity index (χ3v) is 5.46. The summed E-state index contributed by atoms with van der Waals surface area (Å²) in [6.07, 6.45) is 3.12. The Morgan fingerprint density at radius 3 is 2.83 bits per heavy atom. The van der Waals surface area contributed by atoms with Crippen LogP contribution in [0.5, 0.6) is 11.6 Å². The Hall–Kier alpha value is -3.03. The lowest BCUT2D eigenvalue weighted by Crippen LogP contribution is -2.32. The van der Waals surface area contributed by atoms with E-state index in [1.807, 2.05) is 31.0 Å². The second kappa shape index (κ2) is 9.19. The van der Waals surface area contributed by atoms with Gasteiger partial charge in [-0.25, -0.2) is 0 Å². The van der Waals surface area contributed by atoms with Crippen LogP contribution in [0.2, 0.25) is 0 Å². The fourth-order valence-corrected chi connectivity index (χ4v) is 3.73. The van der Waals surface area contributed by atoms with Gasteiger partial charge >= 0.3 is 0 Å². The van der Waals surface area contributed by atoms with Gasteiger partial charge < -0.3 is 25.0 Å². The molecular weight excluding hydrogens is 382 g/mol. The van der Waals surface area contributed by atoms with E-state index >= 15 is 0 Å². The van der Waals surface area contributed by atoms with Gasteiger partial charge in [-0.3, -0.25) is 4.79 Å². The molecule has 0 saturated carbocycles. The van der Waals surface area contributed by atoms with Crippen molar-refractivity contribution in [2.45, 2.75) is 38.6 Å². The highest BCUT2D eigenvalue weighted by molar-refractivity contribution is 5.78. The Balaban J connectivity index is 1.40. The second-order valence-corrected chi connectivity index (χ2v) is 7.69. The van der Waals surface area contributed by atoms with Crippen molar-refractivity contribution in [1.29, 1.82) is 0 Å². The SMILES string of the molecule is CCOc1ccc(CCN(C)c2nc(NC[C@@H]3CCC(=O)N3)c3c(n2)OCC3)cc1. The molecule has 160 valence electrons. The monoisotopic (exact) mass is 411 g/mol. The molecule has 8 nitrogen and oxygen atoms in total. The maximum absolute atomic E-state index is 11.4. The molecule has 1 atom stereocenters. The summed E-state index contributed by atoms with van der Waals surface area (Å²) in [4.78, 5) is 22.9. The molecule has 0 radical (unpaired) electrons. The predicted molar refractivity (Wildman–Crippen MR) is 115 cm³/mol. The molecule has 1 aromatic heterocycles. The van der Waals surface area contributed by atoms with Gasteiger partial charge in [0.05, 0.1) is 18.8 Å². The molecule has 30 heavy (non-hydrogen) atoms. The molecule has 0 aliphatic carbocycles. The number of nitrogens with one attached hydrogen (secondary N) is 2. The maximum Gasteiger partial charge on any atom is 0.230 e. The van der Waals surface area contributed by atoms with Crippen LogP contribution in [0.4, 0.5) is 11.8 Å². The van der Waals surface area contributed by atoms with Gasteiger partial charge in [0, 0.05) is 39.0 Å². The van der Waals surface area contributed by atoms with E-state index in [0.717, 1.165) is 42.9 Å². The number of fused-ring (bicyclic) bond motifs is 1. The summed E-state index contributed by atoms with van der Waals surface area (Å²) >= 11 is 0. The number of hydrogen-bond donors (Lipinski definition) is 2. The Morgan fingerprint density at radius 2 is 2.10 bits per heavy atom. The van der Waals surface area contributed by atoms with Crippen LogP contribution in [0, 0.1) is 0 Å². The van der Waals surface area contributed by atoms with Crippen LogP contribution in [0.25, 0.3) is 0 Å². The zero-order chi connectivity index (χ0) is 20.9. The normalized spacial score (nSPS) is 17.3. The Bertz CT molecular complexity index is 887. The van der Waals surface area contributed by atoms with E-state index in [9.17, 15) is 4.79 Å². The first-order chi connectivity index (χ1) is 14.6. The zero-order valence-electron chi connectivity index (χ0n) is 17.6. The van der Waals surface area contributed by atoms with Crippen LogP contribution in [-0.2, 0) is 17.6 Å². The second-order valence-electron chi connectivity index (χ2n) is 7.69. The Morgan fingerprint density at radius 1 is 1.27 bits per heavy atom. The third kappa shape index (κ3) is 4.75. The van der Waals surface area contributed by atoms with Crippen molar-refractivity contribution in [3.63, 3.8) is 0 Å². The molecule has 8 heteroatoms. The lowest BCUT2D eigenvalue weighted by molar-refractivity contribution is -0.119. The van der Waals surface area contributed by atoms with Gasteiger partial charge in [0.25, 0.3) is 0 Å². The smallest absolute Gasteiger partial charge is 0.230 e. The summed E-state index contributed by atoms with van der Waals surface area (Å²) in [5.74, 6) is 3.11. The number of likely N-dealkylation sites (N-methyl/N-ethyl adjacent to an activating group) is 1. The van der Waals surface area contributed by atoms with Gasteiger partial charge in [-0.15, -0.1) is 0 Å². The Labute approximate surface area is 177 Å². The first kappa shape index (κ1) is 20.3. The van der Waals surface area contributed by atoms with Crippen molar-refractivity contribution < 1.29 is 14.3 Å². The van der Waals surface area contributed by atoms with Gasteiger partial charge in [-0.2, -0.15) is 9.97 Å². The van der Waals surface area contributed by atoms with Crippen LogP contribution in [0.3, 0.4) is 0 Å². The van der Waals surface area contributed by atoms with E-state index in [4.69, 9.17) is 14.5 Å². The number of carbonyl (C=O) groups excluding carboxylic acids is 1. The van der Waals surface area contributed by atoms with Crippen molar-refractivity contribution >= 4 is 17.7 Å². The van der Waals surface area contributed by atoms with Crippen molar-refractivity contribution in [2.24, 2.45) is 0 Å². The van der Waals surface area contributed by atoms with E-state index in [-0.39, 0.29) is 11.9 Å². The summed E-state index contributed by atoms with van der Waals surface area (Å²) in [5, 5.41) is 6.39. The number of amides is 1. The highest BCUT2D eigenvalue weighted by Crippen LogP contribution is 2.31. The van der Waals surface area contributed by atoms with Crippen molar-refractivity contribution in [1.82, 2.24) is 15.3 Å². The quantitative estimate of drug-likeness (QED) is 0.654. The molecule has 0 unspecified atom stereocenters. The summed E-state index contributed by atoms with van der Waals surface area (Å²) in [6, 6.07) is 8.33. The van der Waals surface area contributed by atoms with Crippen LogP contribution < -0.4 is 25.0 Å². The minimum Gasteiger partial charge on any atom is -0.494 e. The molecule has 2 aliphatic rings. The summed E-state index contributed by atoms with van der Waals surface area (Å²) < 4.78 is 11.2. The molecule has 2 N–H and O–H groups in total. The molecule has 1 aromatic carbocycles. The van der Waals surface area contributed by atoms with Crippen LogP contribution >= 0.6 is 0 Å². The molecule has 1 fully saturated rings. The minimum absolute atomic E-state index is 0.118. The van der Waals surface area contributed by atoms with Crippen molar-refractivity contribution in [2.75, 3.05) is 43.6 Å². The number of ether oxygens (including phenoxy) is 2. The average Bonchev–Trinajstić information content (AvgIpc) is 3.40. The summed E-state index contributed by atoms with van der Waals surface area (Å²) in [6.45, 7) is 4.72. The lowest BCUT2D eigenvalue weighted by Gasteiger charge is -2.20. The standard InChI is InChI=1S/C22H29N5O3/c1-3-29-17-7-4-15(5-8-17)10-12-27(2)22-25-20(18-11-13-30-21(18)26-22)23-14-16-6-9-19(28)24-16/h4-5,7-8,16H,3,6,9-14H2,1-2H3,(H,24,28)(H,23,25,26)/t16-/m0/s1. The molecule has 2 aromatic rings. The van der Waals surface area contributed by atoms with Crippen molar-refractivity contribution in [3.8, 4) is 11.6 Å². The lowest BCUT2D eigenvalue weighted by atomic mass is 10.1. The first-order valence-corrected chi connectivity index (χ1v) is 10.6. The molecule has 3 heterocycles. The van der Waals surface area contributed by atoms with Gasteiger partial charge in [-0.1, -0.05) is 12.1 Å². The third-order valence-electron chi connectivity index (χ3n) is 5.46. The van der Waals surface area contributed by atoms with Gasteiger partial charge in [0.1, 0.15) is 11.6 Å². The van der Waals surface area contributed by atoms with Gasteiger partial charge in [0.15, 0.2) is 0 Å². The maximum atomic E-state index is 11.4. The van der Waals surface area contributed by atoms with Gasteiger partial charge in [-0.05, 0) is 37.5 Å². The number of hydrogen-bond acceptors (Lipinski definition) is 7. The molecule has 1 amide bonds. The molecular formula is C22H29N5O3. The number of aromatic nitrogens is 2. The number of anilines is 2. The number of benzene rings is 1.